The van der Waals surface area contributed by atoms with Gasteiger partial charge in [-0.3, -0.25) is 14.9 Å². The van der Waals surface area contributed by atoms with Crippen molar-refractivity contribution < 1.29 is 9.72 Å². The molecule has 0 aliphatic heterocycles. The quantitative estimate of drug-likeness (QED) is 0.319. The van der Waals surface area contributed by atoms with Gasteiger partial charge in [-0.05, 0) is 41.7 Å². The number of carbonyl (C=O) groups is 1. The Bertz CT molecular complexity index is 879. The minimum Gasteiger partial charge on any atom is -0.350 e. The first-order valence-electron chi connectivity index (χ1n) is 12.0. The Morgan fingerprint density at radius 2 is 1.28 bits per heavy atom. The van der Waals surface area contributed by atoms with Crippen LogP contribution in [0.2, 0.25) is 0 Å². The molecule has 0 saturated heterocycles. The molecule has 0 heterocycles. The van der Waals surface area contributed by atoms with Gasteiger partial charge in [-0.15, -0.1) is 0 Å². The second kappa shape index (κ2) is 12.8. The maximum atomic E-state index is 13.0. The van der Waals surface area contributed by atoms with E-state index in [0.29, 0.717) is 0 Å². The molecule has 1 N–H and O–H groups in total. The maximum Gasteiger partial charge on any atom is 0.269 e. The second-order valence-corrected chi connectivity index (χ2v) is 8.69. The van der Waals surface area contributed by atoms with Gasteiger partial charge >= 0.3 is 0 Å². The summed E-state index contributed by atoms with van der Waals surface area (Å²) < 4.78 is 0. The molecular weight excluding hydrogens is 400 g/mol. The van der Waals surface area contributed by atoms with E-state index in [2.05, 4.69) is 5.32 Å². The van der Waals surface area contributed by atoms with E-state index in [9.17, 15) is 14.9 Å². The number of hydrogen-bond acceptors (Lipinski definition) is 3. The van der Waals surface area contributed by atoms with E-state index in [1.807, 2.05) is 30.3 Å². The number of carbonyl (C=O) groups excluding carboxylic acids is 1. The van der Waals surface area contributed by atoms with Crippen LogP contribution in [0.4, 0.5) is 5.69 Å². The van der Waals surface area contributed by atoms with Crippen LogP contribution in [-0.4, -0.2) is 16.9 Å². The molecule has 1 saturated carbocycles. The van der Waals surface area contributed by atoms with Gasteiger partial charge in [-0.25, -0.2) is 0 Å². The number of rotatable bonds is 5. The van der Waals surface area contributed by atoms with E-state index in [1.54, 1.807) is 18.2 Å². The maximum absolute atomic E-state index is 13.0. The van der Waals surface area contributed by atoms with Crippen molar-refractivity contribution in [1.29, 1.82) is 0 Å². The Kier molecular flexibility index (Phi) is 9.48. The van der Waals surface area contributed by atoms with E-state index in [0.717, 1.165) is 42.4 Å². The molecule has 2 aromatic rings. The lowest BCUT2D eigenvalue weighted by molar-refractivity contribution is -0.384. The molecule has 0 bridgehead atoms. The molecule has 1 fully saturated rings. The van der Waals surface area contributed by atoms with E-state index >= 15 is 0 Å². The monoisotopic (exact) mass is 434 g/mol. The van der Waals surface area contributed by atoms with Crippen molar-refractivity contribution in [2.45, 2.75) is 76.7 Å². The number of nitro groups is 1. The molecule has 32 heavy (non-hydrogen) atoms. The highest BCUT2D eigenvalue weighted by atomic mass is 16.6. The Hall–Kier alpha value is -2.95. The zero-order valence-corrected chi connectivity index (χ0v) is 18.8. The topological polar surface area (TPSA) is 72.2 Å². The molecule has 0 atom stereocenters. The van der Waals surface area contributed by atoms with Gasteiger partial charge in [-0.1, -0.05) is 88.1 Å². The molecule has 1 amide bonds. The van der Waals surface area contributed by atoms with Gasteiger partial charge in [0.15, 0.2) is 0 Å². The highest BCUT2D eigenvalue weighted by Crippen LogP contribution is 2.25. The van der Waals surface area contributed by atoms with Gasteiger partial charge in [0.2, 0.25) is 5.91 Å². The first-order chi connectivity index (χ1) is 15.6. The zero-order chi connectivity index (χ0) is 22.6. The van der Waals surface area contributed by atoms with E-state index < -0.39 is 4.92 Å². The fourth-order valence-electron chi connectivity index (χ4n) is 4.40. The number of amides is 1. The summed E-state index contributed by atoms with van der Waals surface area (Å²) in [5, 5.41) is 14.3. The molecule has 0 aromatic heterocycles. The number of nitro benzene ring substituents is 1. The third kappa shape index (κ3) is 7.63. The minimum absolute atomic E-state index is 0.0406. The summed E-state index contributed by atoms with van der Waals surface area (Å²) in [7, 11) is 0. The summed E-state index contributed by atoms with van der Waals surface area (Å²) in [5.74, 6) is -0.0979. The third-order valence-electron chi connectivity index (χ3n) is 6.20. The van der Waals surface area contributed by atoms with Crippen LogP contribution >= 0.6 is 0 Å². The summed E-state index contributed by atoms with van der Waals surface area (Å²) in [6, 6.07) is 16.3. The summed E-state index contributed by atoms with van der Waals surface area (Å²) in [6.45, 7) is 0. The van der Waals surface area contributed by atoms with Crippen LogP contribution in [0, 0.1) is 10.1 Å². The zero-order valence-electron chi connectivity index (χ0n) is 18.8. The minimum atomic E-state index is -0.411. The van der Waals surface area contributed by atoms with Gasteiger partial charge < -0.3 is 5.32 Å². The van der Waals surface area contributed by atoms with E-state index in [4.69, 9.17) is 0 Å². The molecule has 5 heteroatoms. The van der Waals surface area contributed by atoms with Gasteiger partial charge in [0, 0.05) is 24.3 Å². The van der Waals surface area contributed by atoms with E-state index in [-0.39, 0.29) is 17.6 Å². The molecule has 3 rings (SSSR count). The van der Waals surface area contributed by atoms with Crippen LogP contribution in [0.3, 0.4) is 0 Å². The van der Waals surface area contributed by atoms with Crippen LogP contribution in [0.5, 0.6) is 0 Å². The smallest absolute Gasteiger partial charge is 0.269 e. The Labute approximate surface area is 191 Å². The highest BCUT2D eigenvalue weighted by Gasteiger charge is 2.14. The molecule has 0 radical (unpaired) electrons. The van der Waals surface area contributed by atoms with Crippen molar-refractivity contribution in [1.82, 2.24) is 5.32 Å². The highest BCUT2D eigenvalue weighted by molar-refractivity contribution is 5.99. The van der Waals surface area contributed by atoms with Gasteiger partial charge in [0.1, 0.15) is 0 Å². The summed E-state index contributed by atoms with van der Waals surface area (Å²) >= 11 is 0. The number of benzene rings is 2. The largest absolute Gasteiger partial charge is 0.350 e. The van der Waals surface area contributed by atoms with Crippen molar-refractivity contribution >= 4 is 17.2 Å². The van der Waals surface area contributed by atoms with Crippen molar-refractivity contribution in [2.24, 2.45) is 0 Å². The predicted molar refractivity (Wildman–Crippen MR) is 129 cm³/mol. The lowest BCUT2D eigenvalue weighted by Crippen LogP contribution is -2.34. The molecule has 1 aliphatic rings. The number of non-ortho nitro benzene ring substituents is 1. The third-order valence-corrected chi connectivity index (χ3v) is 6.20. The molecule has 0 unspecified atom stereocenters. The Morgan fingerprint density at radius 3 is 1.81 bits per heavy atom. The van der Waals surface area contributed by atoms with Crippen LogP contribution in [0.15, 0.2) is 60.7 Å². The number of nitrogens with zero attached hydrogens (tertiary/aromatic N) is 1. The molecule has 0 spiro atoms. The standard InChI is InChI=1S/C27H34N2O3/c30-27(28-24-15-11-6-4-2-1-3-5-7-12-16-24)21-26(22-13-9-8-10-14-22)23-17-19-25(20-18-23)29(31)32/h8-10,13-14,17-21,24H,1-7,11-12,15-16H2,(H,28,30)/b26-21-. The Morgan fingerprint density at radius 1 is 0.781 bits per heavy atom. The fraction of sp³-hybridized carbons (Fsp3) is 0.444. The lowest BCUT2D eigenvalue weighted by Gasteiger charge is -2.19. The Balaban J connectivity index is 1.76. The van der Waals surface area contributed by atoms with Crippen LogP contribution in [0.1, 0.15) is 81.8 Å². The molecular formula is C27H34N2O3. The van der Waals surface area contributed by atoms with Crippen molar-refractivity contribution in [3.8, 4) is 0 Å². The number of nitrogens with one attached hydrogen (secondary N) is 1. The average molecular weight is 435 g/mol. The predicted octanol–water partition coefficient (Wildman–Crippen LogP) is 6.82. The molecule has 5 nitrogen and oxygen atoms in total. The van der Waals surface area contributed by atoms with E-state index in [1.165, 1.54) is 57.1 Å². The summed E-state index contributed by atoms with van der Waals surface area (Å²) in [4.78, 5) is 23.6. The molecule has 2 aromatic carbocycles. The molecule has 1 aliphatic carbocycles. The van der Waals surface area contributed by atoms with Crippen molar-refractivity contribution in [3.05, 3.63) is 81.9 Å². The van der Waals surface area contributed by atoms with Gasteiger partial charge in [0.25, 0.3) is 5.69 Å². The average Bonchev–Trinajstić information content (AvgIpc) is 2.80. The molecule has 170 valence electrons. The van der Waals surface area contributed by atoms with Crippen LogP contribution in [0.25, 0.3) is 5.57 Å². The first kappa shape index (κ1) is 23.7. The summed E-state index contributed by atoms with van der Waals surface area (Å²) in [6.07, 6.45) is 15.1. The fourth-order valence-corrected chi connectivity index (χ4v) is 4.40. The SMILES string of the molecule is O=C(/C=C(/c1ccccc1)c1ccc([N+](=O)[O-])cc1)NC1CCCCCCCCCCC1. The summed E-state index contributed by atoms with van der Waals surface area (Å²) in [5.41, 5.74) is 2.51. The van der Waals surface area contributed by atoms with Crippen molar-refractivity contribution in [3.63, 3.8) is 0 Å². The first-order valence-corrected chi connectivity index (χ1v) is 12.0. The lowest BCUT2D eigenvalue weighted by atomic mass is 9.96. The number of hydrogen-bond donors (Lipinski definition) is 1. The van der Waals surface area contributed by atoms with Gasteiger partial charge in [-0.2, -0.15) is 0 Å². The van der Waals surface area contributed by atoms with Crippen LogP contribution in [-0.2, 0) is 4.79 Å². The second-order valence-electron chi connectivity index (χ2n) is 8.69. The van der Waals surface area contributed by atoms with Gasteiger partial charge in [0.05, 0.1) is 4.92 Å². The van der Waals surface area contributed by atoms with Crippen molar-refractivity contribution in [2.75, 3.05) is 0 Å². The normalized spacial score (nSPS) is 17.1. The van der Waals surface area contributed by atoms with Crippen LogP contribution < -0.4 is 5.32 Å².